The van der Waals surface area contributed by atoms with Crippen LogP contribution in [-0.2, 0) is 35.2 Å². The Bertz CT molecular complexity index is 1880. The number of hydrogen-bond donors (Lipinski definition) is 12. The number of aliphatic hydroxyl groups is 2. The molecule has 9 atom stereocenters. The number of para-hydroxylation sites is 1. The van der Waals surface area contributed by atoms with E-state index in [9.17, 15) is 39.0 Å². The highest BCUT2D eigenvalue weighted by Crippen LogP contribution is 2.24. The van der Waals surface area contributed by atoms with Gasteiger partial charge in [-0.3, -0.25) is 38.8 Å². The van der Waals surface area contributed by atoms with Crippen molar-refractivity contribution in [3.63, 3.8) is 0 Å². The van der Waals surface area contributed by atoms with E-state index in [-0.39, 0.29) is 70.1 Å². The van der Waals surface area contributed by atoms with E-state index >= 15 is 0 Å². The van der Waals surface area contributed by atoms with E-state index in [1.807, 2.05) is 24.3 Å². The Labute approximate surface area is 341 Å². The van der Waals surface area contributed by atoms with Crippen molar-refractivity contribution in [2.24, 2.45) is 38.8 Å². The van der Waals surface area contributed by atoms with Gasteiger partial charge in [0.25, 0.3) is 0 Å². The summed E-state index contributed by atoms with van der Waals surface area (Å²) in [5.41, 5.74) is 23.4. The van der Waals surface area contributed by atoms with Crippen LogP contribution >= 0.6 is 0 Å². The molecule has 59 heavy (non-hydrogen) atoms. The van der Waals surface area contributed by atoms with Gasteiger partial charge in [-0.15, -0.1) is 0 Å². The summed E-state index contributed by atoms with van der Waals surface area (Å²) in [5.74, 6) is -5.56. The second-order valence-electron chi connectivity index (χ2n) is 15.1. The topological polar surface area (TPSA) is 351 Å². The molecule has 0 unspecified atom stereocenters. The van der Waals surface area contributed by atoms with Gasteiger partial charge in [-0.1, -0.05) is 38.5 Å². The number of amides is 6. The zero-order valence-corrected chi connectivity index (χ0v) is 33.6. The van der Waals surface area contributed by atoms with E-state index in [1.54, 1.807) is 20.0 Å². The fraction of sp³-hybridized carbons (Fsp3) is 0.579. The number of H-pyrrole nitrogens is 1. The summed E-state index contributed by atoms with van der Waals surface area (Å²) in [7, 11) is 0. The van der Waals surface area contributed by atoms with Crippen LogP contribution in [0, 0.1) is 5.92 Å². The number of carbonyl (C=O) groups is 6. The van der Waals surface area contributed by atoms with Gasteiger partial charge >= 0.3 is 0 Å². The molecule has 3 heterocycles. The number of nitrogens with zero attached hydrogens (tertiary/aromatic N) is 3. The first-order valence-electron chi connectivity index (χ1n) is 19.8. The van der Waals surface area contributed by atoms with Gasteiger partial charge in [-0.05, 0) is 50.2 Å². The number of hydrogen-bond acceptors (Lipinski definition) is 10. The lowest BCUT2D eigenvalue weighted by Crippen LogP contribution is -2.63. The first kappa shape index (κ1) is 45.7. The van der Waals surface area contributed by atoms with Crippen LogP contribution in [0.5, 0.6) is 0 Å². The van der Waals surface area contributed by atoms with E-state index < -0.39 is 89.8 Å². The minimum atomic E-state index is -1.59. The van der Waals surface area contributed by atoms with Crippen molar-refractivity contribution in [2.45, 2.75) is 114 Å². The number of benzene rings is 1. The molecule has 21 heteroatoms. The Balaban J connectivity index is 1.81. The van der Waals surface area contributed by atoms with Gasteiger partial charge in [0.15, 0.2) is 11.9 Å². The Kier molecular flexibility index (Phi) is 16.4. The van der Waals surface area contributed by atoms with Gasteiger partial charge in [-0.2, -0.15) is 0 Å². The summed E-state index contributed by atoms with van der Waals surface area (Å²) >= 11 is 0. The maximum atomic E-state index is 14.6. The summed E-state index contributed by atoms with van der Waals surface area (Å²) in [5, 5.41) is 35.7. The first-order chi connectivity index (χ1) is 28.0. The molecule has 0 bridgehead atoms. The number of nitrogens with one attached hydrogen (secondary N) is 6. The van der Waals surface area contributed by atoms with Gasteiger partial charge < -0.3 is 69.6 Å². The van der Waals surface area contributed by atoms with Gasteiger partial charge in [0.1, 0.15) is 36.3 Å². The second-order valence-corrected chi connectivity index (χ2v) is 15.1. The molecule has 0 aliphatic carbocycles. The predicted molar refractivity (Wildman–Crippen MR) is 219 cm³/mol. The third-order valence-electron chi connectivity index (χ3n) is 10.6. The molecule has 2 aliphatic heterocycles. The van der Waals surface area contributed by atoms with E-state index in [0.717, 1.165) is 15.8 Å². The molecule has 2 fully saturated rings. The number of carbonyl (C=O) groups excluding carboxylic acids is 6. The largest absolute Gasteiger partial charge is 0.391 e. The van der Waals surface area contributed by atoms with Crippen LogP contribution in [0.3, 0.4) is 0 Å². The van der Waals surface area contributed by atoms with Crippen molar-refractivity contribution in [3.05, 3.63) is 36.0 Å². The fourth-order valence-corrected chi connectivity index (χ4v) is 7.18. The molecule has 0 spiro atoms. The lowest BCUT2D eigenvalue weighted by atomic mass is 9.96. The maximum Gasteiger partial charge on any atom is 0.246 e. The lowest BCUT2D eigenvalue weighted by Gasteiger charge is -2.32. The van der Waals surface area contributed by atoms with Crippen molar-refractivity contribution >= 4 is 58.3 Å². The van der Waals surface area contributed by atoms with E-state index in [4.69, 9.17) is 22.9 Å². The lowest BCUT2D eigenvalue weighted by molar-refractivity contribution is -0.143. The Morgan fingerprint density at radius 1 is 0.780 bits per heavy atom. The molecular formula is C38H59N13O8. The summed E-state index contributed by atoms with van der Waals surface area (Å²) in [6.07, 6.45) is -0.341. The maximum absolute atomic E-state index is 14.6. The molecule has 6 amide bonds. The number of aromatic nitrogens is 1. The van der Waals surface area contributed by atoms with Crippen LogP contribution in [0.15, 0.2) is 40.4 Å². The monoisotopic (exact) mass is 825 g/mol. The van der Waals surface area contributed by atoms with Crippen LogP contribution in [0.4, 0.5) is 0 Å². The normalized spacial score (nSPS) is 25.9. The Morgan fingerprint density at radius 3 is 1.90 bits per heavy atom. The number of rotatable bonds is 13. The summed E-state index contributed by atoms with van der Waals surface area (Å²) in [6, 6.07) is -0.699. The number of aliphatic hydroxyl groups excluding tert-OH is 2. The Hall–Kier alpha value is -5.96. The van der Waals surface area contributed by atoms with E-state index in [2.05, 4.69) is 41.6 Å². The third kappa shape index (κ3) is 12.5. The molecule has 21 nitrogen and oxygen atoms in total. The number of aliphatic imine (C=N–C) groups is 2. The molecule has 2 saturated heterocycles. The number of fused-ring (bicyclic) bond motifs is 2. The van der Waals surface area contributed by atoms with Gasteiger partial charge in [0.05, 0.1) is 12.2 Å². The minimum Gasteiger partial charge on any atom is -0.391 e. The summed E-state index contributed by atoms with van der Waals surface area (Å²) in [4.78, 5) is 97.1. The number of nitrogens with two attached hydrogens (primary N) is 4. The van der Waals surface area contributed by atoms with Gasteiger partial charge in [0, 0.05) is 49.6 Å². The van der Waals surface area contributed by atoms with Crippen molar-refractivity contribution in [2.75, 3.05) is 19.6 Å². The highest BCUT2D eigenvalue weighted by Gasteiger charge is 2.44. The second kappa shape index (κ2) is 21.2. The summed E-state index contributed by atoms with van der Waals surface area (Å²) in [6.45, 7) is 4.70. The molecular weight excluding hydrogens is 767 g/mol. The predicted octanol–water partition coefficient (Wildman–Crippen LogP) is -3.36. The molecule has 4 rings (SSSR count). The molecule has 324 valence electrons. The molecule has 0 saturated carbocycles. The van der Waals surface area contributed by atoms with Crippen LogP contribution in [0.25, 0.3) is 10.9 Å². The highest BCUT2D eigenvalue weighted by atomic mass is 16.3. The van der Waals surface area contributed by atoms with Crippen molar-refractivity contribution in [1.29, 1.82) is 0 Å². The van der Waals surface area contributed by atoms with Crippen LogP contribution in [0.2, 0.25) is 0 Å². The molecule has 2 aromatic rings. The fourth-order valence-electron chi connectivity index (χ4n) is 7.18. The van der Waals surface area contributed by atoms with Gasteiger partial charge in [0.2, 0.25) is 35.4 Å². The minimum absolute atomic E-state index is 0.00322. The molecule has 0 radical (unpaired) electrons. The zero-order valence-electron chi connectivity index (χ0n) is 33.6. The van der Waals surface area contributed by atoms with Crippen molar-refractivity contribution in [3.8, 4) is 0 Å². The number of guanidine groups is 2. The molecule has 16 N–H and O–H groups in total. The van der Waals surface area contributed by atoms with Crippen LogP contribution < -0.4 is 49.5 Å². The molecule has 1 aromatic heterocycles. The first-order valence-corrected chi connectivity index (χ1v) is 19.8. The van der Waals surface area contributed by atoms with Crippen molar-refractivity contribution < 1.29 is 39.0 Å². The Morgan fingerprint density at radius 2 is 1.32 bits per heavy atom. The molecule has 1 aromatic carbocycles. The van der Waals surface area contributed by atoms with E-state index in [1.165, 1.54) is 6.92 Å². The average molecular weight is 826 g/mol. The third-order valence-corrected chi connectivity index (χ3v) is 10.6. The van der Waals surface area contributed by atoms with Crippen LogP contribution in [-0.4, -0.2) is 136 Å². The number of aromatic amines is 1. The smallest absolute Gasteiger partial charge is 0.246 e. The average Bonchev–Trinajstić information content (AvgIpc) is 3.79. The SMILES string of the molecule is CC[C@H](C)[C@@H]1NC(=O)[C@H]([C@@H](C)O)NC(=O)[C@H]2C[C@H](O)CN2C(=O)[C@H](Cc2c[nH]c3ccccc23)NC(=O)[C@H](CCCN=C(N)N)NC(=O)[C@@H](CCCN=C(N)N)NC1=O. The zero-order chi connectivity index (χ0) is 43.4. The standard InChI is InChI=1S/C38H59N13O8/c1-4-19(2)29-34(57)47-26(12-8-14-44-38(41)42)31(54)46-25(11-7-13-43-37(39)40)32(55)48-27(15-21-17-45-24-10-6-5-9-23(21)24)36(59)51-18-22(53)16-28(51)33(56)50-30(20(3)52)35(58)49-29/h5-6,9-10,17,19-20,22,25-30,45,52-53H,4,7-8,11-16,18H2,1-3H3,(H,46,54)(H,47,57)(H,48,55)(H,49,58)(H,50,56)(H4,39,40,43)(H4,41,42,44)/t19-,20+,22-,25-,26+,27-,28+,29-,30-/m0/s1. The summed E-state index contributed by atoms with van der Waals surface area (Å²) < 4.78 is 0. The molecule has 2 aliphatic rings. The quantitative estimate of drug-likeness (QED) is 0.0536. The highest BCUT2D eigenvalue weighted by molar-refractivity contribution is 5.99. The van der Waals surface area contributed by atoms with E-state index in [0.29, 0.717) is 12.0 Å². The van der Waals surface area contributed by atoms with Crippen molar-refractivity contribution in [1.82, 2.24) is 36.5 Å². The van der Waals surface area contributed by atoms with Crippen LogP contribution in [0.1, 0.15) is 64.9 Å². The van der Waals surface area contributed by atoms with Gasteiger partial charge in [-0.25, -0.2) is 0 Å².